The largest absolute Gasteiger partial charge is 0.497 e. The first-order valence-corrected chi connectivity index (χ1v) is 10.6. The van der Waals surface area contributed by atoms with Crippen molar-refractivity contribution in [3.8, 4) is 5.75 Å². The van der Waals surface area contributed by atoms with E-state index in [9.17, 15) is 0 Å². The molecule has 0 radical (unpaired) electrons. The third-order valence-electron chi connectivity index (χ3n) is 5.78. The van der Waals surface area contributed by atoms with Gasteiger partial charge in [0.15, 0.2) is 5.82 Å². The minimum Gasteiger partial charge on any atom is -0.497 e. The third kappa shape index (κ3) is 4.46. The minimum atomic E-state index is 0.191. The van der Waals surface area contributed by atoms with Crippen LogP contribution in [-0.4, -0.2) is 58.4 Å². The zero-order chi connectivity index (χ0) is 20.9. The Morgan fingerprint density at radius 3 is 2.27 bits per heavy atom. The third-order valence-corrected chi connectivity index (χ3v) is 5.78. The van der Waals surface area contributed by atoms with Crippen LogP contribution in [0, 0.1) is 5.92 Å². The molecule has 2 aromatic carbocycles. The van der Waals surface area contributed by atoms with Gasteiger partial charge in [0.1, 0.15) is 5.75 Å². The van der Waals surface area contributed by atoms with Crippen molar-refractivity contribution in [2.75, 3.05) is 38.2 Å². The van der Waals surface area contributed by atoms with Crippen LogP contribution < -0.4 is 9.64 Å². The summed E-state index contributed by atoms with van der Waals surface area (Å²) < 4.78 is 7.20. The fourth-order valence-electron chi connectivity index (χ4n) is 4.22. The van der Waals surface area contributed by atoms with E-state index >= 15 is 0 Å². The highest BCUT2D eigenvalue weighted by Gasteiger charge is 2.31. The second-order valence-corrected chi connectivity index (χ2v) is 8.09. The molecule has 0 N–H and O–H groups in total. The van der Waals surface area contributed by atoms with E-state index in [1.165, 1.54) is 5.69 Å². The molecule has 1 aliphatic rings. The van der Waals surface area contributed by atoms with Crippen LogP contribution in [0.2, 0.25) is 0 Å². The number of hydrogen-bond donors (Lipinski definition) is 0. The molecular weight excluding hydrogens is 376 g/mol. The van der Waals surface area contributed by atoms with Gasteiger partial charge in [0.2, 0.25) is 0 Å². The minimum absolute atomic E-state index is 0.191. The number of rotatable bonds is 7. The quantitative estimate of drug-likeness (QED) is 0.600. The number of methoxy groups -OCH3 is 1. The van der Waals surface area contributed by atoms with Crippen molar-refractivity contribution in [3.63, 3.8) is 0 Å². The van der Waals surface area contributed by atoms with E-state index in [2.05, 4.69) is 81.6 Å². The number of benzene rings is 2. The highest BCUT2D eigenvalue weighted by molar-refractivity contribution is 5.46. The number of ether oxygens (including phenoxy) is 1. The summed E-state index contributed by atoms with van der Waals surface area (Å²) in [5.41, 5.74) is 2.45. The van der Waals surface area contributed by atoms with Crippen LogP contribution in [0.4, 0.5) is 5.69 Å². The van der Waals surface area contributed by atoms with Gasteiger partial charge in [-0.3, -0.25) is 4.90 Å². The van der Waals surface area contributed by atoms with Gasteiger partial charge in [-0.25, -0.2) is 4.68 Å². The zero-order valence-electron chi connectivity index (χ0n) is 18.0. The molecule has 7 heteroatoms. The summed E-state index contributed by atoms with van der Waals surface area (Å²) in [4.78, 5) is 4.98. The maximum Gasteiger partial charge on any atom is 0.169 e. The Morgan fingerprint density at radius 2 is 1.63 bits per heavy atom. The van der Waals surface area contributed by atoms with E-state index in [0.717, 1.165) is 43.3 Å². The van der Waals surface area contributed by atoms with Crippen molar-refractivity contribution in [1.29, 1.82) is 0 Å². The number of nitrogens with zero attached hydrogens (tertiary/aromatic N) is 6. The Hall–Kier alpha value is -2.93. The molecule has 7 nitrogen and oxygen atoms in total. The molecule has 1 atom stereocenters. The van der Waals surface area contributed by atoms with Crippen molar-refractivity contribution >= 4 is 5.69 Å². The van der Waals surface area contributed by atoms with Gasteiger partial charge >= 0.3 is 0 Å². The SMILES string of the molecule is COc1ccc(Cn2nnnc2[C@@H](C(C)C)N2CCN(c3ccccc3)CC2)cc1. The first kappa shape index (κ1) is 20.3. The number of aromatic nitrogens is 4. The summed E-state index contributed by atoms with van der Waals surface area (Å²) in [5, 5.41) is 12.8. The van der Waals surface area contributed by atoms with Gasteiger partial charge in [0, 0.05) is 31.9 Å². The normalized spacial score (nSPS) is 16.1. The molecule has 4 rings (SSSR count). The molecule has 0 aliphatic carbocycles. The molecule has 30 heavy (non-hydrogen) atoms. The fraction of sp³-hybridized carbons (Fsp3) is 0.435. The summed E-state index contributed by atoms with van der Waals surface area (Å²) in [5.74, 6) is 2.20. The van der Waals surface area contributed by atoms with Crippen molar-refractivity contribution in [2.24, 2.45) is 5.92 Å². The molecule has 1 aliphatic heterocycles. The molecule has 1 saturated heterocycles. The van der Waals surface area contributed by atoms with E-state index in [-0.39, 0.29) is 6.04 Å². The van der Waals surface area contributed by atoms with Gasteiger partial charge in [0.25, 0.3) is 0 Å². The Bertz CT molecular complexity index is 916. The molecule has 0 bridgehead atoms. The lowest BCUT2D eigenvalue weighted by atomic mass is 10.0. The maximum atomic E-state index is 5.26. The number of piperazine rings is 1. The van der Waals surface area contributed by atoms with Gasteiger partial charge < -0.3 is 9.64 Å². The second-order valence-electron chi connectivity index (χ2n) is 8.09. The number of para-hydroxylation sites is 1. The Balaban J connectivity index is 1.48. The smallest absolute Gasteiger partial charge is 0.169 e. The monoisotopic (exact) mass is 406 g/mol. The first-order valence-electron chi connectivity index (χ1n) is 10.6. The molecule has 158 valence electrons. The summed E-state index contributed by atoms with van der Waals surface area (Å²) in [6.07, 6.45) is 0. The number of tetrazole rings is 1. The predicted molar refractivity (Wildman–Crippen MR) is 118 cm³/mol. The van der Waals surface area contributed by atoms with Crippen molar-refractivity contribution in [1.82, 2.24) is 25.1 Å². The summed E-state index contributed by atoms with van der Waals surface area (Å²) in [6, 6.07) is 18.9. The lowest BCUT2D eigenvalue weighted by molar-refractivity contribution is 0.135. The lowest BCUT2D eigenvalue weighted by Gasteiger charge is -2.41. The van der Waals surface area contributed by atoms with E-state index in [0.29, 0.717) is 12.5 Å². The van der Waals surface area contributed by atoms with Crippen molar-refractivity contribution < 1.29 is 4.74 Å². The topological polar surface area (TPSA) is 59.3 Å². The molecule has 1 aromatic heterocycles. The fourth-order valence-corrected chi connectivity index (χ4v) is 4.22. The van der Waals surface area contributed by atoms with Crippen LogP contribution in [0.15, 0.2) is 54.6 Å². The zero-order valence-corrected chi connectivity index (χ0v) is 18.0. The average Bonchev–Trinajstić information content (AvgIpc) is 3.23. The first-order chi connectivity index (χ1) is 14.7. The lowest BCUT2D eigenvalue weighted by Crippen LogP contribution is -2.49. The van der Waals surface area contributed by atoms with Crippen LogP contribution in [0.25, 0.3) is 0 Å². The van der Waals surface area contributed by atoms with E-state index in [1.54, 1.807) is 7.11 Å². The summed E-state index contributed by atoms with van der Waals surface area (Å²) in [7, 11) is 1.68. The maximum absolute atomic E-state index is 5.26. The van der Waals surface area contributed by atoms with Gasteiger partial charge in [0.05, 0.1) is 19.7 Å². The molecule has 2 heterocycles. The molecule has 1 fully saturated rings. The summed E-state index contributed by atoms with van der Waals surface area (Å²) >= 11 is 0. The highest BCUT2D eigenvalue weighted by atomic mass is 16.5. The van der Waals surface area contributed by atoms with Gasteiger partial charge in [-0.1, -0.05) is 44.2 Å². The van der Waals surface area contributed by atoms with Crippen molar-refractivity contribution in [3.05, 3.63) is 66.0 Å². The standard InChI is InChI=1S/C23H30N6O/c1-18(2)22(28-15-13-27(14-16-28)20-7-5-4-6-8-20)23-24-25-26-29(23)17-19-9-11-21(30-3)12-10-19/h4-12,18,22H,13-17H2,1-3H3/t22-/m1/s1. The van der Waals surface area contributed by atoms with Gasteiger partial charge in [-0.2, -0.15) is 0 Å². The Morgan fingerprint density at radius 1 is 0.933 bits per heavy atom. The number of anilines is 1. The predicted octanol–water partition coefficient (Wildman–Crippen LogP) is 3.25. The molecule has 0 spiro atoms. The van der Waals surface area contributed by atoms with E-state index in [4.69, 9.17) is 4.74 Å². The average molecular weight is 407 g/mol. The van der Waals surface area contributed by atoms with Crippen LogP contribution in [0.5, 0.6) is 5.75 Å². The van der Waals surface area contributed by atoms with Crippen LogP contribution in [0.3, 0.4) is 0 Å². The Labute approximate surface area is 178 Å². The summed E-state index contributed by atoms with van der Waals surface area (Å²) in [6.45, 7) is 9.15. The van der Waals surface area contributed by atoms with Crippen LogP contribution >= 0.6 is 0 Å². The van der Waals surface area contributed by atoms with Crippen molar-refractivity contribution in [2.45, 2.75) is 26.4 Å². The Kier molecular flexibility index (Phi) is 6.28. The molecule has 0 unspecified atom stereocenters. The van der Waals surface area contributed by atoms with E-state index < -0.39 is 0 Å². The highest BCUT2D eigenvalue weighted by Crippen LogP contribution is 2.29. The molecular formula is C23H30N6O. The van der Waals surface area contributed by atoms with Gasteiger partial charge in [-0.05, 0) is 46.2 Å². The van der Waals surface area contributed by atoms with Crippen LogP contribution in [0.1, 0.15) is 31.3 Å². The van der Waals surface area contributed by atoms with Crippen LogP contribution in [-0.2, 0) is 6.54 Å². The van der Waals surface area contributed by atoms with Gasteiger partial charge in [-0.15, -0.1) is 5.10 Å². The number of hydrogen-bond acceptors (Lipinski definition) is 6. The van der Waals surface area contributed by atoms with E-state index in [1.807, 2.05) is 16.8 Å². The molecule has 0 saturated carbocycles. The second kappa shape index (κ2) is 9.26. The molecule has 0 amide bonds. The molecule has 3 aromatic rings.